The maximum Gasteiger partial charge on any atom is 0.211 e. The third-order valence-corrected chi connectivity index (χ3v) is 4.01. The molecule has 0 aliphatic carbocycles. The van der Waals surface area contributed by atoms with Crippen LogP contribution in [0.4, 0.5) is 0 Å². The highest BCUT2D eigenvalue weighted by Crippen LogP contribution is 2.17. The molecule has 0 saturated carbocycles. The van der Waals surface area contributed by atoms with Gasteiger partial charge in [-0.05, 0) is 36.1 Å². The van der Waals surface area contributed by atoms with Crippen LogP contribution in [0, 0.1) is 0 Å². The van der Waals surface area contributed by atoms with Crippen molar-refractivity contribution in [1.82, 2.24) is 14.9 Å². The first-order valence-electron chi connectivity index (χ1n) is 7.64. The number of methoxy groups -OCH3 is 1. The third kappa shape index (κ3) is 4.39. The van der Waals surface area contributed by atoms with Gasteiger partial charge in [0.05, 0.1) is 13.3 Å². The van der Waals surface area contributed by atoms with Gasteiger partial charge in [0.15, 0.2) is 5.82 Å². The minimum absolute atomic E-state index is 0.285. The number of nitrogens with zero attached hydrogens (tertiary/aromatic N) is 4. The zero-order valence-electron chi connectivity index (χ0n) is 14.0. The third-order valence-electron chi connectivity index (χ3n) is 3.39. The van der Waals surface area contributed by atoms with Gasteiger partial charge in [0.25, 0.3) is 0 Å². The van der Waals surface area contributed by atoms with Crippen molar-refractivity contribution < 1.29 is 9.47 Å². The van der Waals surface area contributed by atoms with Crippen LogP contribution in [0.2, 0.25) is 0 Å². The fourth-order valence-corrected chi connectivity index (χ4v) is 2.59. The van der Waals surface area contributed by atoms with E-state index in [4.69, 9.17) is 9.47 Å². The average molecular weight is 354 g/mol. The molecule has 0 saturated heterocycles. The second kappa shape index (κ2) is 8.34. The van der Waals surface area contributed by atoms with E-state index in [1.807, 2.05) is 60.9 Å². The molecular formula is C18H18N4O2S. The molecule has 7 heteroatoms. The zero-order valence-corrected chi connectivity index (χ0v) is 14.8. The summed E-state index contributed by atoms with van der Waals surface area (Å²) < 4.78 is 12.7. The Morgan fingerprint density at radius 1 is 1.08 bits per heavy atom. The number of benzene rings is 2. The second-order valence-electron chi connectivity index (χ2n) is 5.04. The molecule has 0 spiro atoms. The first-order valence-corrected chi connectivity index (χ1v) is 8.87. The highest BCUT2D eigenvalue weighted by Gasteiger charge is 2.11. The molecular weight excluding hydrogens is 336 g/mol. The molecule has 0 fully saturated rings. The lowest BCUT2D eigenvalue weighted by Gasteiger charge is -2.06. The van der Waals surface area contributed by atoms with Gasteiger partial charge in [0, 0.05) is 0 Å². The first kappa shape index (κ1) is 17.0. The van der Waals surface area contributed by atoms with Gasteiger partial charge in [-0.15, -0.1) is 10.2 Å². The minimum Gasteiger partial charge on any atom is -0.497 e. The number of hydrogen-bond donors (Lipinski definition) is 0. The van der Waals surface area contributed by atoms with Crippen LogP contribution < -0.4 is 9.47 Å². The number of hydrogen-bond acceptors (Lipinski definition) is 6. The van der Waals surface area contributed by atoms with Crippen molar-refractivity contribution in [3.05, 3.63) is 66.0 Å². The summed E-state index contributed by atoms with van der Waals surface area (Å²) in [5.74, 6) is 2.19. The molecule has 0 radical (unpaired) electrons. The largest absolute Gasteiger partial charge is 0.497 e. The smallest absolute Gasteiger partial charge is 0.211 e. The van der Waals surface area contributed by atoms with E-state index in [0.717, 1.165) is 17.1 Å². The van der Waals surface area contributed by atoms with Gasteiger partial charge in [-0.2, -0.15) is 9.78 Å². The topological polar surface area (TPSA) is 61.5 Å². The van der Waals surface area contributed by atoms with Crippen molar-refractivity contribution in [1.29, 1.82) is 0 Å². The number of aromatic nitrogens is 3. The summed E-state index contributed by atoms with van der Waals surface area (Å²) in [6.07, 6.45) is 3.68. The second-order valence-corrected chi connectivity index (χ2v) is 5.81. The fraction of sp³-hybridized carbons (Fsp3) is 0.167. The van der Waals surface area contributed by atoms with E-state index in [2.05, 4.69) is 15.3 Å². The van der Waals surface area contributed by atoms with Gasteiger partial charge in [-0.3, -0.25) is 0 Å². The van der Waals surface area contributed by atoms with Crippen molar-refractivity contribution in [3.8, 4) is 11.5 Å². The van der Waals surface area contributed by atoms with Gasteiger partial charge in [-0.1, -0.05) is 42.1 Å². The maximum absolute atomic E-state index is 5.75. The summed E-state index contributed by atoms with van der Waals surface area (Å²) >= 11 is 1.48. The van der Waals surface area contributed by atoms with Gasteiger partial charge >= 0.3 is 0 Å². The molecule has 0 unspecified atom stereocenters. The summed E-state index contributed by atoms with van der Waals surface area (Å²) in [5, 5.41) is 13.5. The predicted octanol–water partition coefficient (Wildman–Crippen LogP) is 3.47. The predicted molar refractivity (Wildman–Crippen MR) is 98.6 cm³/mol. The Morgan fingerprint density at radius 2 is 1.88 bits per heavy atom. The van der Waals surface area contributed by atoms with Crippen LogP contribution in [0.25, 0.3) is 0 Å². The number of thioether (sulfide) groups is 1. The van der Waals surface area contributed by atoms with Gasteiger partial charge < -0.3 is 9.47 Å². The van der Waals surface area contributed by atoms with Crippen LogP contribution in [0.3, 0.4) is 0 Å². The van der Waals surface area contributed by atoms with E-state index in [1.165, 1.54) is 11.8 Å². The monoisotopic (exact) mass is 354 g/mol. The lowest BCUT2D eigenvalue weighted by atomic mass is 10.2. The number of para-hydroxylation sites is 1. The standard InChI is InChI=1S/C18H18N4O2S/c1-23-16-10-6-7-14(11-16)12-19-22-17(20-21-18(22)25-2)13-24-15-8-4-3-5-9-15/h3-12H,13H2,1-2H3/b19-12-. The van der Waals surface area contributed by atoms with Crippen LogP contribution in [-0.4, -0.2) is 34.5 Å². The van der Waals surface area contributed by atoms with Crippen LogP contribution in [0.1, 0.15) is 11.4 Å². The molecule has 3 rings (SSSR count). The Hall–Kier alpha value is -2.80. The molecule has 1 heterocycles. The first-order chi connectivity index (χ1) is 12.3. The Bertz CT molecular complexity index is 849. The Kier molecular flexibility index (Phi) is 5.69. The maximum atomic E-state index is 5.75. The van der Waals surface area contributed by atoms with Crippen molar-refractivity contribution in [2.24, 2.45) is 5.10 Å². The summed E-state index contributed by atoms with van der Waals surface area (Å²) in [6.45, 7) is 0.285. The van der Waals surface area contributed by atoms with Gasteiger partial charge in [0.2, 0.25) is 5.16 Å². The normalized spacial score (nSPS) is 11.0. The van der Waals surface area contributed by atoms with Crippen LogP contribution in [0.5, 0.6) is 11.5 Å². The molecule has 0 N–H and O–H groups in total. The molecule has 1 aromatic heterocycles. The van der Waals surface area contributed by atoms with E-state index in [1.54, 1.807) is 18.0 Å². The molecule has 128 valence electrons. The van der Waals surface area contributed by atoms with Gasteiger partial charge in [-0.25, -0.2) is 0 Å². The molecule has 25 heavy (non-hydrogen) atoms. The van der Waals surface area contributed by atoms with Crippen LogP contribution >= 0.6 is 11.8 Å². The SMILES string of the molecule is COc1cccc(/C=N\n2c(COc3ccccc3)nnc2SC)c1. The molecule has 0 amide bonds. The Morgan fingerprint density at radius 3 is 2.64 bits per heavy atom. The summed E-state index contributed by atoms with van der Waals surface area (Å²) in [5.41, 5.74) is 0.926. The van der Waals surface area contributed by atoms with E-state index < -0.39 is 0 Å². The van der Waals surface area contributed by atoms with Crippen molar-refractivity contribution in [2.75, 3.05) is 13.4 Å². The van der Waals surface area contributed by atoms with E-state index in [0.29, 0.717) is 11.0 Å². The molecule has 6 nitrogen and oxygen atoms in total. The van der Waals surface area contributed by atoms with E-state index in [-0.39, 0.29) is 6.61 Å². The quantitative estimate of drug-likeness (QED) is 0.480. The van der Waals surface area contributed by atoms with Crippen LogP contribution in [0.15, 0.2) is 64.9 Å². The van der Waals surface area contributed by atoms with E-state index in [9.17, 15) is 0 Å². The summed E-state index contributed by atoms with van der Waals surface area (Å²) in [7, 11) is 1.64. The molecule has 2 aromatic carbocycles. The zero-order chi connectivity index (χ0) is 17.5. The fourth-order valence-electron chi connectivity index (χ4n) is 2.14. The Labute approximate surface area is 150 Å². The molecule has 3 aromatic rings. The Balaban J connectivity index is 1.79. The van der Waals surface area contributed by atoms with E-state index >= 15 is 0 Å². The molecule has 0 bridgehead atoms. The molecule has 0 aliphatic rings. The molecule has 0 atom stereocenters. The highest BCUT2D eigenvalue weighted by molar-refractivity contribution is 7.98. The van der Waals surface area contributed by atoms with Crippen molar-refractivity contribution in [3.63, 3.8) is 0 Å². The van der Waals surface area contributed by atoms with Crippen molar-refractivity contribution >= 4 is 18.0 Å². The molecule has 0 aliphatic heterocycles. The van der Waals surface area contributed by atoms with Gasteiger partial charge in [0.1, 0.15) is 18.1 Å². The average Bonchev–Trinajstić information content (AvgIpc) is 3.07. The number of rotatable bonds is 7. The minimum atomic E-state index is 0.285. The summed E-state index contributed by atoms with van der Waals surface area (Å²) in [4.78, 5) is 0. The van der Waals surface area contributed by atoms with Crippen molar-refractivity contribution in [2.45, 2.75) is 11.8 Å². The van der Waals surface area contributed by atoms with Crippen LogP contribution in [-0.2, 0) is 6.61 Å². The lowest BCUT2D eigenvalue weighted by molar-refractivity contribution is 0.290. The summed E-state index contributed by atoms with van der Waals surface area (Å²) in [6, 6.07) is 17.3. The lowest BCUT2D eigenvalue weighted by Crippen LogP contribution is -2.04. The number of ether oxygens (including phenoxy) is 2. The highest BCUT2D eigenvalue weighted by atomic mass is 32.2.